The molecule has 0 spiro atoms. The van der Waals surface area contributed by atoms with Crippen molar-refractivity contribution in [3.05, 3.63) is 59.4 Å². The molecule has 2 N–H and O–H groups in total. The molecule has 0 radical (unpaired) electrons. The number of ether oxygens (including phenoxy) is 1. The molecule has 0 saturated heterocycles. The zero-order chi connectivity index (χ0) is 13.8. The second-order valence-electron chi connectivity index (χ2n) is 4.32. The number of rotatable bonds is 4. The van der Waals surface area contributed by atoms with Crippen LogP contribution < -0.4 is 4.74 Å². The minimum absolute atomic E-state index is 0.163. The fourth-order valence-corrected chi connectivity index (χ4v) is 1.78. The van der Waals surface area contributed by atoms with Gasteiger partial charge in [0.1, 0.15) is 23.9 Å². The third-order valence-electron chi connectivity index (χ3n) is 2.73. The highest BCUT2D eigenvalue weighted by Gasteiger charge is 2.10. The first kappa shape index (κ1) is 13.4. The number of benzene rings is 2. The smallest absolute Gasteiger partial charge is 0.125 e. The molecule has 2 rings (SSSR count). The monoisotopic (exact) mass is 262 g/mol. The zero-order valence-corrected chi connectivity index (χ0v) is 10.5. The lowest BCUT2D eigenvalue weighted by atomic mass is 10.1. The molecule has 0 bridgehead atoms. The van der Waals surface area contributed by atoms with Crippen molar-refractivity contribution in [2.24, 2.45) is 0 Å². The van der Waals surface area contributed by atoms with Gasteiger partial charge in [0, 0.05) is 5.56 Å². The molecule has 0 aliphatic heterocycles. The van der Waals surface area contributed by atoms with Gasteiger partial charge in [-0.1, -0.05) is 12.1 Å². The Bertz CT molecular complexity index is 567. The van der Waals surface area contributed by atoms with Gasteiger partial charge in [0.05, 0.1) is 6.10 Å². The summed E-state index contributed by atoms with van der Waals surface area (Å²) in [5.74, 6) is 0.177. The van der Waals surface area contributed by atoms with Gasteiger partial charge in [-0.05, 0) is 42.8 Å². The van der Waals surface area contributed by atoms with Gasteiger partial charge in [-0.15, -0.1) is 0 Å². The number of phenolic OH excluding ortho intramolecular Hbond substituents is 1. The fourth-order valence-electron chi connectivity index (χ4n) is 1.78. The summed E-state index contributed by atoms with van der Waals surface area (Å²) < 4.78 is 18.7. The summed E-state index contributed by atoms with van der Waals surface area (Å²) >= 11 is 0. The topological polar surface area (TPSA) is 49.7 Å². The summed E-state index contributed by atoms with van der Waals surface area (Å²) in [4.78, 5) is 0. The van der Waals surface area contributed by atoms with Crippen LogP contribution in [0.15, 0.2) is 42.5 Å². The predicted molar refractivity (Wildman–Crippen MR) is 69.5 cm³/mol. The molecule has 4 heteroatoms. The predicted octanol–water partition coefficient (Wildman–Crippen LogP) is 3.16. The van der Waals surface area contributed by atoms with Crippen molar-refractivity contribution >= 4 is 0 Å². The highest BCUT2D eigenvalue weighted by Crippen LogP contribution is 2.27. The Morgan fingerprint density at radius 1 is 1.21 bits per heavy atom. The van der Waals surface area contributed by atoms with E-state index >= 15 is 0 Å². The lowest BCUT2D eigenvalue weighted by Crippen LogP contribution is -2.01. The van der Waals surface area contributed by atoms with Crippen LogP contribution in [0.3, 0.4) is 0 Å². The van der Waals surface area contributed by atoms with Crippen LogP contribution >= 0.6 is 0 Å². The van der Waals surface area contributed by atoms with Gasteiger partial charge in [0.15, 0.2) is 0 Å². The summed E-state index contributed by atoms with van der Waals surface area (Å²) in [6.07, 6.45) is -0.810. The van der Waals surface area contributed by atoms with Crippen molar-refractivity contribution in [3.63, 3.8) is 0 Å². The summed E-state index contributed by atoms with van der Waals surface area (Å²) in [7, 11) is 0. The van der Waals surface area contributed by atoms with Gasteiger partial charge < -0.3 is 14.9 Å². The van der Waals surface area contributed by atoms with Gasteiger partial charge in [0.2, 0.25) is 0 Å². The van der Waals surface area contributed by atoms with E-state index in [4.69, 9.17) is 4.74 Å². The van der Waals surface area contributed by atoms with Crippen molar-refractivity contribution in [2.75, 3.05) is 0 Å². The third-order valence-corrected chi connectivity index (χ3v) is 2.73. The van der Waals surface area contributed by atoms with E-state index in [2.05, 4.69) is 0 Å². The van der Waals surface area contributed by atoms with Crippen molar-refractivity contribution in [1.29, 1.82) is 0 Å². The van der Waals surface area contributed by atoms with E-state index in [0.29, 0.717) is 11.3 Å². The van der Waals surface area contributed by atoms with Gasteiger partial charge in [0.25, 0.3) is 0 Å². The van der Waals surface area contributed by atoms with Crippen LogP contribution in [0, 0.1) is 5.82 Å². The first-order chi connectivity index (χ1) is 9.06. The van der Waals surface area contributed by atoms with Crippen LogP contribution in [-0.2, 0) is 6.61 Å². The van der Waals surface area contributed by atoms with E-state index in [-0.39, 0.29) is 12.4 Å². The van der Waals surface area contributed by atoms with E-state index in [0.717, 1.165) is 5.56 Å². The number of aliphatic hydroxyl groups excluding tert-OH is 1. The van der Waals surface area contributed by atoms with Gasteiger partial charge in [-0.3, -0.25) is 0 Å². The first-order valence-electron chi connectivity index (χ1n) is 5.94. The Morgan fingerprint density at radius 3 is 2.68 bits per heavy atom. The van der Waals surface area contributed by atoms with Crippen molar-refractivity contribution in [3.8, 4) is 11.5 Å². The lowest BCUT2D eigenvalue weighted by molar-refractivity contribution is 0.189. The Balaban J connectivity index is 2.15. The number of aliphatic hydroxyl groups is 1. The van der Waals surface area contributed by atoms with Crippen LogP contribution in [0.2, 0.25) is 0 Å². The number of hydrogen-bond donors (Lipinski definition) is 2. The normalized spacial score (nSPS) is 12.2. The van der Waals surface area contributed by atoms with E-state index in [1.807, 2.05) is 6.07 Å². The molecule has 0 aliphatic rings. The summed E-state index contributed by atoms with van der Waals surface area (Å²) in [5.41, 5.74) is 1.20. The molecule has 0 heterocycles. The lowest BCUT2D eigenvalue weighted by Gasteiger charge is -2.13. The Morgan fingerprint density at radius 2 is 2.00 bits per heavy atom. The molecule has 3 nitrogen and oxygen atoms in total. The van der Waals surface area contributed by atoms with Crippen molar-refractivity contribution < 1.29 is 19.3 Å². The summed E-state index contributed by atoms with van der Waals surface area (Å²) in [6, 6.07) is 10.7. The van der Waals surface area contributed by atoms with Gasteiger partial charge >= 0.3 is 0 Å². The maximum absolute atomic E-state index is 13.1. The van der Waals surface area contributed by atoms with Crippen molar-refractivity contribution in [2.45, 2.75) is 19.6 Å². The summed E-state index contributed by atoms with van der Waals surface area (Å²) in [5, 5.41) is 18.9. The van der Waals surface area contributed by atoms with Crippen LogP contribution in [0.4, 0.5) is 4.39 Å². The van der Waals surface area contributed by atoms with Gasteiger partial charge in [-0.25, -0.2) is 4.39 Å². The van der Waals surface area contributed by atoms with Crippen LogP contribution in [-0.4, -0.2) is 10.2 Å². The van der Waals surface area contributed by atoms with Crippen LogP contribution in [0.5, 0.6) is 11.5 Å². The molecule has 0 saturated carbocycles. The average Bonchev–Trinajstić information content (AvgIpc) is 2.37. The minimum Gasteiger partial charge on any atom is -0.508 e. The maximum Gasteiger partial charge on any atom is 0.125 e. The molecule has 0 aromatic heterocycles. The zero-order valence-electron chi connectivity index (χ0n) is 10.5. The van der Waals surface area contributed by atoms with E-state index in [9.17, 15) is 14.6 Å². The first-order valence-corrected chi connectivity index (χ1v) is 5.94. The van der Waals surface area contributed by atoms with E-state index in [1.54, 1.807) is 25.1 Å². The molecule has 0 amide bonds. The maximum atomic E-state index is 13.1. The van der Waals surface area contributed by atoms with Gasteiger partial charge in [-0.2, -0.15) is 0 Å². The number of phenols is 1. The Hall–Kier alpha value is -2.07. The molecule has 2 aromatic rings. The second-order valence-corrected chi connectivity index (χ2v) is 4.32. The molecule has 1 atom stereocenters. The number of halogens is 1. The SMILES string of the molecule is CC(O)c1cc(F)ccc1OCc1cccc(O)c1. The third kappa shape index (κ3) is 3.45. The average molecular weight is 262 g/mol. The quantitative estimate of drug-likeness (QED) is 0.889. The van der Waals surface area contributed by atoms with E-state index < -0.39 is 11.9 Å². The number of aromatic hydroxyl groups is 1. The largest absolute Gasteiger partial charge is 0.508 e. The molecule has 19 heavy (non-hydrogen) atoms. The second kappa shape index (κ2) is 5.71. The molecule has 100 valence electrons. The Kier molecular flexibility index (Phi) is 4.02. The highest BCUT2D eigenvalue weighted by molar-refractivity contribution is 5.36. The minimum atomic E-state index is -0.810. The molecular weight excluding hydrogens is 247 g/mol. The van der Waals surface area contributed by atoms with Crippen LogP contribution in [0.25, 0.3) is 0 Å². The van der Waals surface area contributed by atoms with Crippen LogP contribution in [0.1, 0.15) is 24.2 Å². The van der Waals surface area contributed by atoms with E-state index in [1.165, 1.54) is 18.2 Å². The van der Waals surface area contributed by atoms with Crippen molar-refractivity contribution in [1.82, 2.24) is 0 Å². The molecule has 2 aromatic carbocycles. The highest BCUT2D eigenvalue weighted by atomic mass is 19.1. The molecule has 1 unspecified atom stereocenters. The molecule has 0 fully saturated rings. The molecule has 0 aliphatic carbocycles. The standard InChI is InChI=1S/C15H15FO3/c1-10(17)14-8-12(16)5-6-15(14)19-9-11-3-2-4-13(18)7-11/h2-8,10,17-18H,9H2,1H3. The number of hydrogen-bond acceptors (Lipinski definition) is 3. The molecular formula is C15H15FO3. The summed E-state index contributed by atoms with van der Waals surface area (Å²) in [6.45, 7) is 1.79. The fraction of sp³-hybridized carbons (Fsp3) is 0.200. The Labute approximate surface area is 110 Å².